The number of aromatic hydroxyl groups is 1. The van der Waals surface area contributed by atoms with Crippen molar-refractivity contribution in [2.75, 3.05) is 17.7 Å². The highest BCUT2D eigenvalue weighted by atomic mass is 16.5. The van der Waals surface area contributed by atoms with E-state index in [0.717, 1.165) is 61.4 Å². The number of nitrogens with zero attached hydrogens (tertiary/aromatic N) is 8. The summed E-state index contributed by atoms with van der Waals surface area (Å²) in [5.74, 6) is 2.09. The smallest absolute Gasteiger partial charge is 0.227 e. The average Bonchev–Trinajstić information content (AvgIpc) is 3.77. The van der Waals surface area contributed by atoms with Crippen LogP contribution in [-0.4, -0.2) is 51.3 Å². The van der Waals surface area contributed by atoms with Crippen LogP contribution in [-0.2, 0) is 0 Å². The zero-order valence-electron chi connectivity index (χ0n) is 30.1. The van der Waals surface area contributed by atoms with Crippen molar-refractivity contribution in [3.8, 4) is 34.0 Å². The topological polar surface area (TPSA) is 141 Å². The highest BCUT2D eigenvalue weighted by Crippen LogP contribution is 2.33. The molecule has 8 rings (SSSR count). The molecule has 0 saturated carbocycles. The van der Waals surface area contributed by atoms with Gasteiger partial charge >= 0.3 is 0 Å². The number of pyridine rings is 2. The fraction of sp³-hybridized carbons (Fsp3) is 0.171. The van der Waals surface area contributed by atoms with Gasteiger partial charge in [-0.15, -0.1) is 0 Å². The molecule has 0 atom stereocenters. The zero-order chi connectivity index (χ0) is 36.9. The van der Waals surface area contributed by atoms with Gasteiger partial charge in [-0.2, -0.15) is 0 Å². The monoisotopic (exact) mass is 704 g/mol. The van der Waals surface area contributed by atoms with Gasteiger partial charge in [0, 0.05) is 82.5 Å². The molecule has 8 aromatic rings. The summed E-state index contributed by atoms with van der Waals surface area (Å²) < 4.78 is 9.61. The number of hydrogen-bond acceptors (Lipinski definition) is 10. The Morgan fingerprint density at radius 1 is 0.585 bits per heavy atom. The number of aromatic nitrogens is 8. The number of fused-ring (bicyclic) bond motifs is 2. The number of benzene rings is 2. The van der Waals surface area contributed by atoms with Crippen LogP contribution in [0.5, 0.6) is 11.5 Å². The number of ether oxygens (including phenoxy) is 1. The third kappa shape index (κ3) is 7.61. The lowest BCUT2D eigenvalue weighted by atomic mass is 10.1. The van der Waals surface area contributed by atoms with E-state index >= 15 is 0 Å². The Kier molecular flexibility index (Phi) is 9.93. The summed E-state index contributed by atoms with van der Waals surface area (Å²) in [6, 6.07) is 23.0. The van der Waals surface area contributed by atoms with Gasteiger partial charge in [-0.25, -0.2) is 19.9 Å². The van der Waals surface area contributed by atoms with Crippen molar-refractivity contribution in [3.05, 3.63) is 122 Å². The summed E-state index contributed by atoms with van der Waals surface area (Å²) in [5, 5.41) is 18.1. The number of nitrogens with one attached hydrogen (secondary N) is 2. The number of rotatable bonds is 9. The second-order valence-electron chi connectivity index (χ2n) is 12.9. The van der Waals surface area contributed by atoms with E-state index < -0.39 is 0 Å². The molecule has 0 amide bonds. The standard InChI is InChI=1S/C21H21N5O.C20H19N5O/c1-14(2)26-13-18(17-8-10-22-12-20(17)26)19-9-11-23-21(25-19)24-15-4-6-16(27-3)7-5-15;1-13(2)25-12-17(16-7-9-21-11-19(16)25)18-8-10-22-20(24-18)23-14-3-5-15(26)6-4-14/h4-14H,1-3H3,(H,23,24,25);3-13,26H,1-2H3,(H,22,23,24). The van der Waals surface area contributed by atoms with Gasteiger partial charge in [0.1, 0.15) is 11.5 Å². The molecule has 0 aliphatic rings. The molecule has 6 aromatic heterocycles. The second-order valence-corrected chi connectivity index (χ2v) is 12.9. The van der Waals surface area contributed by atoms with E-state index in [-0.39, 0.29) is 5.75 Å². The lowest BCUT2D eigenvalue weighted by Crippen LogP contribution is -1.98. The predicted molar refractivity (Wildman–Crippen MR) is 210 cm³/mol. The highest BCUT2D eigenvalue weighted by molar-refractivity contribution is 5.95. The van der Waals surface area contributed by atoms with Gasteiger partial charge in [0.2, 0.25) is 11.9 Å². The van der Waals surface area contributed by atoms with Crippen molar-refractivity contribution < 1.29 is 9.84 Å². The number of methoxy groups -OCH3 is 1. The SMILES string of the molecule is CC(C)n1cc(-c2ccnc(Nc3ccc(O)cc3)n2)c2ccncc21.COc1ccc(Nc2nccc(-c3cn(C(C)C)c4cnccc34)n2)cc1. The first-order valence-electron chi connectivity index (χ1n) is 17.3. The lowest BCUT2D eigenvalue weighted by molar-refractivity contribution is 0.415. The summed E-state index contributed by atoms with van der Waals surface area (Å²) in [5.41, 5.74) is 7.74. The number of hydrogen-bond donors (Lipinski definition) is 3. The van der Waals surface area contributed by atoms with Gasteiger partial charge in [0.15, 0.2) is 0 Å². The van der Waals surface area contributed by atoms with E-state index in [1.54, 1.807) is 50.0 Å². The molecule has 3 N–H and O–H groups in total. The third-order valence-corrected chi connectivity index (χ3v) is 8.72. The van der Waals surface area contributed by atoms with Crippen molar-refractivity contribution >= 4 is 45.1 Å². The zero-order valence-corrected chi connectivity index (χ0v) is 30.1. The fourth-order valence-electron chi connectivity index (χ4n) is 6.07. The number of anilines is 4. The first-order valence-corrected chi connectivity index (χ1v) is 17.3. The Labute approximate surface area is 307 Å². The summed E-state index contributed by atoms with van der Waals surface area (Å²) >= 11 is 0. The molecule has 6 heterocycles. The Bertz CT molecular complexity index is 2470. The van der Waals surface area contributed by atoms with Crippen LogP contribution in [0.15, 0.2) is 122 Å². The maximum Gasteiger partial charge on any atom is 0.227 e. The Morgan fingerprint density at radius 2 is 1.04 bits per heavy atom. The molecule has 0 unspecified atom stereocenters. The molecule has 2 aromatic carbocycles. The third-order valence-electron chi connectivity index (χ3n) is 8.72. The van der Waals surface area contributed by atoms with Crippen LogP contribution in [0, 0.1) is 0 Å². The largest absolute Gasteiger partial charge is 0.508 e. The van der Waals surface area contributed by atoms with Crippen LogP contribution < -0.4 is 15.4 Å². The minimum absolute atomic E-state index is 0.223. The highest BCUT2D eigenvalue weighted by Gasteiger charge is 2.15. The number of phenols is 1. The van der Waals surface area contributed by atoms with Crippen molar-refractivity contribution in [1.29, 1.82) is 0 Å². The molecule has 0 saturated heterocycles. The molecule has 0 bridgehead atoms. The van der Waals surface area contributed by atoms with Crippen LogP contribution in [0.3, 0.4) is 0 Å². The van der Waals surface area contributed by atoms with Crippen LogP contribution in [0.25, 0.3) is 44.3 Å². The second kappa shape index (κ2) is 15.2. The molecule has 0 aliphatic carbocycles. The van der Waals surface area contributed by atoms with E-state index in [0.29, 0.717) is 24.0 Å². The predicted octanol–water partition coefficient (Wildman–Crippen LogP) is 9.35. The number of phenolic OH excluding ortho intramolecular Hbond substituents is 1. The van der Waals surface area contributed by atoms with E-state index in [2.05, 4.69) is 84.8 Å². The van der Waals surface area contributed by atoms with Gasteiger partial charge in [0.05, 0.1) is 41.9 Å². The van der Waals surface area contributed by atoms with Gasteiger partial charge < -0.3 is 29.6 Å². The minimum Gasteiger partial charge on any atom is -0.508 e. The summed E-state index contributed by atoms with van der Waals surface area (Å²) in [6.07, 6.45) is 15.2. The van der Waals surface area contributed by atoms with Gasteiger partial charge in [-0.3, -0.25) is 9.97 Å². The maximum absolute atomic E-state index is 9.40. The van der Waals surface area contributed by atoms with Gasteiger partial charge in [-0.05, 0) is 100 Å². The molecular weight excluding hydrogens is 665 g/mol. The lowest BCUT2D eigenvalue weighted by Gasteiger charge is -2.08. The van der Waals surface area contributed by atoms with Gasteiger partial charge in [-0.1, -0.05) is 0 Å². The molecule has 53 heavy (non-hydrogen) atoms. The quantitative estimate of drug-likeness (QED) is 0.125. The Morgan fingerprint density at radius 3 is 1.47 bits per heavy atom. The van der Waals surface area contributed by atoms with Crippen molar-refractivity contribution in [1.82, 2.24) is 39.0 Å². The van der Waals surface area contributed by atoms with Crippen LogP contribution in [0.4, 0.5) is 23.3 Å². The first-order chi connectivity index (χ1) is 25.8. The maximum atomic E-state index is 9.40. The first kappa shape index (κ1) is 34.6. The van der Waals surface area contributed by atoms with Crippen molar-refractivity contribution in [3.63, 3.8) is 0 Å². The Hall–Kier alpha value is -6.82. The Balaban J connectivity index is 0.000000164. The normalized spacial score (nSPS) is 11.2. The summed E-state index contributed by atoms with van der Waals surface area (Å²) in [7, 11) is 1.65. The molecular formula is C41H40N10O2. The molecule has 0 fully saturated rings. The van der Waals surface area contributed by atoms with E-state index in [1.165, 1.54) is 0 Å². The van der Waals surface area contributed by atoms with E-state index in [1.807, 2.05) is 67.1 Å². The fourth-order valence-corrected chi connectivity index (χ4v) is 6.07. The molecule has 12 nitrogen and oxygen atoms in total. The summed E-state index contributed by atoms with van der Waals surface area (Å²) in [4.78, 5) is 26.6. The average molecular weight is 705 g/mol. The minimum atomic E-state index is 0.223. The van der Waals surface area contributed by atoms with Crippen molar-refractivity contribution in [2.45, 2.75) is 39.8 Å². The molecule has 12 heteroatoms. The van der Waals surface area contributed by atoms with Crippen LogP contribution >= 0.6 is 0 Å². The van der Waals surface area contributed by atoms with E-state index in [9.17, 15) is 5.11 Å². The van der Waals surface area contributed by atoms with Crippen LogP contribution in [0.1, 0.15) is 39.8 Å². The van der Waals surface area contributed by atoms with Crippen molar-refractivity contribution in [2.24, 2.45) is 0 Å². The van der Waals surface area contributed by atoms with E-state index in [4.69, 9.17) is 9.72 Å². The summed E-state index contributed by atoms with van der Waals surface area (Å²) in [6.45, 7) is 8.61. The molecule has 0 radical (unpaired) electrons. The molecule has 266 valence electrons. The molecule has 0 aliphatic heterocycles. The van der Waals surface area contributed by atoms with Gasteiger partial charge in [0.25, 0.3) is 0 Å². The van der Waals surface area contributed by atoms with Crippen LogP contribution in [0.2, 0.25) is 0 Å². The molecule has 0 spiro atoms.